The standard InChI is InChI=1S/C8H8N2O2S/c1-2-6-10-7(8(11)12)5(13-6)3-4-9/h2-3H2,1H3,(H,11,12). The minimum atomic E-state index is -1.05. The van der Waals surface area contributed by atoms with E-state index in [0.29, 0.717) is 11.3 Å². The maximum atomic E-state index is 10.7. The molecule has 1 N–H and O–H groups in total. The Morgan fingerprint density at radius 1 is 1.77 bits per heavy atom. The molecular weight excluding hydrogens is 188 g/mol. The number of aromatic nitrogens is 1. The molecule has 0 unspecified atom stereocenters. The maximum Gasteiger partial charge on any atom is 0.355 e. The van der Waals surface area contributed by atoms with E-state index in [2.05, 4.69) is 4.98 Å². The first-order valence-corrected chi connectivity index (χ1v) is 4.59. The quantitative estimate of drug-likeness (QED) is 0.794. The molecule has 1 aromatic rings. The molecule has 0 bridgehead atoms. The summed E-state index contributed by atoms with van der Waals surface area (Å²) in [6, 6.07) is 1.92. The van der Waals surface area contributed by atoms with Gasteiger partial charge in [0.25, 0.3) is 0 Å². The van der Waals surface area contributed by atoms with Gasteiger partial charge >= 0.3 is 5.97 Å². The number of hydrogen-bond acceptors (Lipinski definition) is 4. The van der Waals surface area contributed by atoms with Gasteiger partial charge in [0.15, 0.2) is 5.69 Å². The van der Waals surface area contributed by atoms with Gasteiger partial charge in [-0.05, 0) is 6.42 Å². The van der Waals surface area contributed by atoms with E-state index < -0.39 is 5.97 Å². The third-order valence-corrected chi connectivity index (χ3v) is 2.69. The first kappa shape index (κ1) is 9.68. The van der Waals surface area contributed by atoms with Gasteiger partial charge in [-0.3, -0.25) is 0 Å². The number of thiazole rings is 1. The summed E-state index contributed by atoms with van der Waals surface area (Å²) in [7, 11) is 0. The van der Waals surface area contributed by atoms with Crippen LogP contribution in [-0.2, 0) is 12.8 Å². The van der Waals surface area contributed by atoms with Crippen molar-refractivity contribution >= 4 is 17.3 Å². The lowest BCUT2D eigenvalue weighted by Crippen LogP contribution is -2.00. The first-order chi connectivity index (χ1) is 6.19. The predicted molar refractivity (Wildman–Crippen MR) is 47.8 cm³/mol. The number of aryl methyl sites for hydroxylation is 1. The second-order valence-electron chi connectivity index (χ2n) is 2.37. The Morgan fingerprint density at radius 2 is 2.46 bits per heavy atom. The van der Waals surface area contributed by atoms with Gasteiger partial charge in [0.05, 0.1) is 22.4 Å². The maximum absolute atomic E-state index is 10.7. The van der Waals surface area contributed by atoms with Crippen molar-refractivity contribution in [1.82, 2.24) is 4.98 Å². The highest BCUT2D eigenvalue weighted by Crippen LogP contribution is 2.19. The zero-order chi connectivity index (χ0) is 9.84. The van der Waals surface area contributed by atoms with Crippen LogP contribution in [0.1, 0.15) is 27.3 Å². The summed E-state index contributed by atoms with van der Waals surface area (Å²) in [5, 5.41) is 17.9. The minimum absolute atomic E-state index is 0.0309. The van der Waals surface area contributed by atoms with Crippen molar-refractivity contribution in [2.75, 3.05) is 0 Å². The van der Waals surface area contributed by atoms with Crippen LogP contribution < -0.4 is 0 Å². The minimum Gasteiger partial charge on any atom is -0.476 e. The highest BCUT2D eigenvalue weighted by molar-refractivity contribution is 7.11. The van der Waals surface area contributed by atoms with E-state index in [-0.39, 0.29) is 12.1 Å². The third-order valence-electron chi connectivity index (χ3n) is 1.49. The SMILES string of the molecule is CCc1nc(C(=O)O)c(CC#N)s1. The molecule has 1 aromatic heterocycles. The normalized spacial score (nSPS) is 9.54. The van der Waals surface area contributed by atoms with Gasteiger partial charge in [-0.2, -0.15) is 5.26 Å². The molecule has 0 spiro atoms. The van der Waals surface area contributed by atoms with E-state index in [1.165, 1.54) is 11.3 Å². The summed E-state index contributed by atoms with van der Waals surface area (Å²) in [4.78, 5) is 15.1. The Kier molecular flexibility index (Phi) is 2.98. The molecule has 0 fully saturated rings. The molecule has 0 aromatic carbocycles. The highest BCUT2D eigenvalue weighted by Gasteiger charge is 2.15. The molecule has 5 heteroatoms. The molecule has 0 atom stereocenters. The topological polar surface area (TPSA) is 74.0 Å². The molecule has 1 rings (SSSR count). The van der Waals surface area contributed by atoms with Crippen LogP contribution in [0.4, 0.5) is 0 Å². The van der Waals surface area contributed by atoms with Crippen molar-refractivity contribution in [2.24, 2.45) is 0 Å². The van der Waals surface area contributed by atoms with Gasteiger partial charge in [-0.25, -0.2) is 9.78 Å². The monoisotopic (exact) mass is 196 g/mol. The van der Waals surface area contributed by atoms with E-state index >= 15 is 0 Å². The number of hydrogen-bond donors (Lipinski definition) is 1. The lowest BCUT2D eigenvalue weighted by molar-refractivity contribution is 0.0690. The second-order valence-corrected chi connectivity index (χ2v) is 3.54. The number of nitrogens with zero attached hydrogens (tertiary/aromatic N) is 2. The number of rotatable bonds is 3. The summed E-state index contributed by atoms with van der Waals surface area (Å²) >= 11 is 1.30. The van der Waals surface area contributed by atoms with Gasteiger partial charge < -0.3 is 5.11 Å². The number of carboxylic acid groups (broad SMARTS) is 1. The van der Waals surface area contributed by atoms with E-state index in [1.54, 1.807) is 0 Å². The summed E-state index contributed by atoms with van der Waals surface area (Å²) in [5.74, 6) is -1.05. The predicted octanol–water partition coefficient (Wildman–Crippen LogP) is 1.47. The molecule has 4 nitrogen and oxygen atoms in total. The molecule has 68 valence electrons. The van der Waals surface area contributed by atoms with Crippen LogP contribution in [-0.4, -0.2) is 16.1 Å². The summed E-state index contributed by atoms with van der Waals surface area (Å²) < 4.78 is 0. The van der Waals surface area contributed by atoms with Gasteiger partial charge in [-0.1, -0.05) is 6.92 Å². The molecule has 0 saturated heterocycles. The molecule has 0 aliphatic rings. The van der Waals surface area contributed by atoms with Crippen molar-refractivity contribution in [2.45, 2.75) is 19.8 Å². The Balaban J connectivity index is 3.09. The fourth-order valence-electron chi connectivity index (χ4n) is 0.910. The van der Waals surface area contributed by atoms with Crippen LogP contribution in [0.3, 0.4) is 0 Å². The van der Waals surface area contributed by atoms with E-state index in [4.69, 9.17) is 10.4 Å². The van der Waals surface area contributed by atoms with Crippen molar-refractivity contribution in [3.8, 4) is 6.07 Å². The molecule has 1 heterocycles. The zero-order valence-corrected chi connectivity index (χ0v) is 7.89. The number of carboxylic acids is 1. The van der Waals surface area contributed by atoms with Crippen molar-refractivity contribution in [3.63, 3.8) is 0 Å². The lowest BCUT2D eigenvalue weighted by Gasteiger charge is -1.88. The molecule has 0 aliphatic heterocycles. The van der Waals surface area contributed by atoms with Gasteiger partial charge in [0, 0.05) is 0 Å². The molecule has 0 amide bonds. The Bertz CT molecular complexity index is 365. The fraction of sp³-hybridized carbons (Fsp3) is 0.375. The highest BCUT2D eigenvalue weighted by atomic mass is 32.1. The van der Waals surface area contributed by atoms with Crippen LogP contribution in [0.15, 0.2) is 0 Å². The largest absolute Gasteiger partial charge is 0.476 e. The van der Waals surface area contributed by atoms with Crippen molar-refractivity contribution in [1.29, 1.82) is 5.26 Å². The molecule has 0 radical (unpaired) electrons. The van der Waals surface area contributed by atoms with Crippen LogP contribution in [0.5, 0.6) is 0 Å². The van der Waals surface area contributed by atoms with Gasteiger partial charge in [0.2, 0.25) is 0 Å². The van der Waals surface area contributed by atoms with Crippen LogP contribution in [0, 0.1) is 11.3 Å². The van der Waals surface area contributed by atoms with Crippen molar-refractivity contribution in [3.05, 3.63) is 15.6 Å². The third kappa shape index (κ3) is 2.04. The van der Waals surface area contributed by atoms with Gasteiger partial charge in [0.1, 0.15) is 0 Å². The molecule has 0 saturated carbocycles. The smallest absolute Gasteiger partial charge is 0.355 e. The van der Waals surface area contributed by atoms with E-state index in [9.17, 15) is 4.79 Å². The van der Waals surface area contributed by atoms with Crippen molar-refractivity contribution < 1.29 is 9.90 Å². The first-order valence-electron chi connectivity index (χ1n) is 3.77. The Hall–Kier alpha value is -1.41. The van der Waals surface area contributed by atoms with Gasteiger partial charge in [-0.15, -0.1) is 11.3 Å². The summed E-state index contributed by atoms with van der Waals surface area (Å²) in [6.07, 6.45) is 0.829. The summed E-state index contributed by atoms with van der Waals surface area (Å²) in [6.45, 7) is 1.90. The molecular formula is C8H8N2O2S. The Morgan fingerprint density at radius 3 is 2.92 bits per heavy atom. The van der Waals surface area contributed by atoms with Crippen LogP contribution in [0.25, 0.3) is 0 Å². The Labute approximate surface area is 79.5 Å². The number of aromatic carboxylic acids is 1. The average molecular weight is 196 g/mol. The number of nitriles is 1. The summed E-state index contributed by atoms with van der Waals surface area (Å²) in [5.41, 5.74) is 0.0309. The van der Waals surface area contributed by atoms with Crippen LogP contribution >= 0.6 is 11.3 Å². The van der Waals surface area contributed by atoms with E-state index in [1.807, 2.05) is 13.0 Å². The zero-order valence-electron chi connectivity index (χ0n) is 7.07. The second kappa shape index (κ2) is 4.01. The fourth-order valence-corrected chi connectivity index (χ4v) is 1.84. The number of carbonyl (C=O) groups is 1. The average Bonchev–Trinajstić information content (AvgIpc) is 2.48. The molecule has 0 aliphatic carbocycles. The van der Waals surface area contributed by atoms with Crippen LogP contribution in [0.2, 0.25) is 0 Å². The molecule has 13 heavy (non-hydrogen) atoms. The lowest BCUT2D eigenvalue weighted by atomic mass is 10.3. The van der Waals surface area contributed by atoms with E-state index in [0.717, 1.165) is 5.01 Å².